The van der Waals surface area contributed by atoms with Crippen LogP contribution in [0.1, 0.15) is 5.56 Å². The van der Waals surface area contributed by atoms with Crippen molar-refractivity contribution < 1.29 is 4.74 Å². The maximum atomic E-state index is 11.5. The lowest BCUT2D eigenvalue weighted by Crippen LogP contribution is -2.30. The molecule has 0 spiro atoms. The number of ether oxygens (including phenoxy) is 1. The monoisotopic (exact) mass is 265 g/mol. The highest BCUT2D eigenvalue weighted by Crippen LogP contribution is 2.11. The van der Waals surface area contributed by atoms with Crippen LogP contribution in [0.3, 0.4) is 0 Å². The van der Waals surface area contributed by atoms with Gasteiger partial charge in [0.15, 0.2) is 0 Å². The van der Waals surface area contributed by atoms with Gasteiger partial charge in [-0.15, -0.1) is 4.79 Å². The van der Waals surface area contributed by atoms with Crippen molar-refractivity contribution in [2.24, 2.45) is 0 Å². The Balaban J connectivity index is 2.04. The van der Waals surface area contributed by atoms with Crippen LogP contribution in [-0.4, -0.2) is 17.0 Å². The van der Waals surface area contributed by atoms with E-state index in [0.717, 1.165) is 16.1 Å². The predicted molar refractivity (Wildman–Crippen MR) is 69.6 cm³/mol. The summed E-state index contributed by atoms with van der Waals surface area (Å²) in [5, 5.41) is 4.18. The molecule has 0 radical (unpaired) electrons. The van der Waals surface area contributed by atoms with Crippen LogP contribution >= 0.6 is 11.6 Å². The van der Waals surface area contributed by atoms with E-state index < -0.39 is 0 Å². The zero-order chi connectivity index (χ0) is 13.0. The predicted octanol–water partition coefficient (Wildman–Crippen LogP) is 1.65. The molecule has 6 heteroatoms. The lowest BCUT2D eigenvalue weighted by molar-refractivity contribution is 0.414. The molecule has 1 aromatic heterocycles. The molecule has 1 N–H and O–H groups in total. The van der Waals surface area contributed by atoms with Crippen LogP contribution in [0.2, 0.25) is 5.02 Å². The van der Waals surface area contributed by atoms with Gasteiger partial charge in [0.1, 0.15) is 5.75 Å². The first kappa shape index (κ1) is 12.4. The average Bonchev–Trinajstić information content (AvgIpc) is 2.38. The summed E-state index contributed by atoms with van der Waals surface area (Å²) in [6.07, 6.45) is 1.41. The highest BCUT2D eigenvalue weighted by Gasteiger charge is 1.98. The van der Waals surface area contributed by atoms with Crippen LogP contribution < -0.4 is 15.7 Å². The summed E-state index contributed by atoms with van der Waals surface area (Å²) in [5.41, 5.74) is 3.61. The molecule has 94 valence electrons. The number of methoxy groups -OCH3 is 1. The van der Waals surface area contributed by atoms with Gasteiger partial charge in [0.05, 0.1) is 24.9 Å². The normalized spacial score (nSPS) is 10.1. The molecule has 0 atom stereocenters. The van der Waals surface area contributed by atoms with Crippen molar-refractivity contribution in [3.05, 3.63) is 57.5 Å². The average molecular weight is 266 g/mol. The van der Waals surface area contributed by atoms with Crippen LogP contribution in [0.4, 0.5) is 0 Å². The molecule has 0 amide bonds. The third kappa shape index (κ3) is 3.01. The molecule has 5 nitrogen and oxygen atoms in total. The standard InChI is InChI=1S/C12H12ClN3O2/c1-18-11-4-2-9(3-5-11)7-14-16-12(17)6-10(13)8-15-16/h2-6,8,14H,7H2,1H3. The van der Waals surface area contributed by atoms with Crippen LogP contribution in [0.15, 0.2) is 41.3 Å². The second-order valence-electron chi connectivity index (χ2n) is 3.61. The van der Waals surface area contributed by atoms with Crippen molar-refractivity contribution in [2.45, 2.75) is 6.54 Å². The van der Waals surface area contributed by atoms with E-state index in [0.29, 0.717) is 11.6 Å². The second kappa shape index (κ2) is 5.55. The lowest BCUT2D eigenvalue weighted by atomic mass is 10.2. The Morgan fingerprint density at radius 1 is 1.39 bits per heavy atom. The Hall–Kier alpha value is -2.01. The van der Waals surface area contributed by atoms with Gasteiger partial charge >= 0.3 is 0 Å². The molecule has 1 heterocycles. The fraction of sp³-hybridized carbons (Fsp3) is 0.167. The smallest absolute Gasteiger partial charge is 0.287 e. The van der Waals surface area contributed by atoms with Crippen LogP contribution in [0, 0.1) is 0 Å². The summed E-state index contributed by atoms with van der Waals surface area (Å²) in [6.45, 7) is 0.485. The molecular weight excluding hydrogens is 254 g/mol. The van der Waals surface area contributed by atoms with Gasteiger partial charge in [-0.2, -0.15) is 5.10 Å². The molecule has 0 aliphatic rings. The van der Waals surface area contributed by atoms with Crippen molar-refractivity contribution in [1.82, 2.24) is 9.89 Å². The number of nitrogens with one attached hydrogen (secondary N) is 1. The van der Waals surface area contributed by atoms with Gasteiger partial charge in [0.25, 0.3) is 5.56 Å². The Morgan fingerprint density at radius 3 is 2.72 bits per heavy atom. The largest absolute Gasteiger partial charge is 0.497 e. The Morgan fingerprint density at radius 2 is 2.11 bits per heavy atom. The Bertz CT molecular complexity index is 581. The zero-order valence-corrected chi connectivity index (χ0v) is 10.5. The zero-order valence-electron chi connectivity index (χ0n) is 9.76. The molecule has 0 aliphatic carbocycles. The third-order valence-electron chi connectivity index (χ3n) is 2.36. The van der Waals surface area contributed by atoms with Crippen LogP contribution in [0.5, 0.6) is 5.75 Å². The van der Waals surface area contributed by atoms with Gasteiger partial charge in [-0.1, -0.05) is 23.7 Å². The molecule has 0 unspecified atom stereocenters. The molecule has 1 aromatic carbocycles. The number of hydrogen-bond acceptors (Lipinski definition) is 4. The Labute approximate surface area is 109 Å². The topological polar surface area (TPSA) is 56.1 Å². The third-order valence-corrected chi connectivity index (χ3v) is 2.57. The molecule has 2 aromatic rings. The molecule has 0 bridgehead atoms. The van der Waals surface area contributed by atoms with Gasteiger partial charge in [-0.05, 0) is 17.7 Å². The van der Waals surface area contributed by atoms with Crippen molar-refractivity contribution in [1.29, 1.82) is 0 Å². The van der Waals surface area contributed by atoms with Gasteiger partial charge < -0.3 is 10.2 Å². The summed E-state index contributed by atoms with van der Waals surface area (Å²) in [4.78, 5) is 12.6. The SMILES string of the molecule is COc1ccc(CNn2ncc(Cl)cc2=O)cc1. The maximum absolute atomic E-state index is 11.5. The first-order valence-corrected chi connectivity index (χ1v) is 5.68. The van der Waals surface area contributed by atoms with E-state index in [1.165, 1.54) is 12.3 Å². The molecule has 0 saturated heterocycles. The van der Waals surface area contributed by atoms with Crippen LogP contribution in [0.25, 0.3) is 0 Å². The van der Waals surface area contributed by atoms with E-state index in [4.69, 9.17) is 16.3 Å². The summed E-state index contributed by atoms with van der Waals surface area (Å²) in [6, 6.07) is 8.83. The van der Waals surface area contributed by atoms with E-state index in [9.17, 15) is 4.79 Å². The van der Waals surface area contributed by atoms with Gasteiger partial charge in [-0.3, -0.25) is 4.79 Å². The summed E-state index contributed by atoms with van der Waals surface area (Å²) in [5.74, 6) is 0.792. The molecule has 2 rings (SSSR count). The minimum Gasteiger partial charge on any atom is -0.497 e. The van der Waals surface area contributed by atoms with E-state index >= 15 is 0 Å². The number of hydrogen-bond donors (Lipinski definition) is 1. The van der Waals surface area contributed by atoms with Crippen molar-refractivity contribution in [2.75, 3.05) is 12.5 Å². The summed E-state index contributed by atoms with van der Waals surface area (Å²) < 4.78 is 5.06. The number of aromatic nitrogens is 2. The lowest BCUT2D eigenvalue weighted by Gasteiger charge is -2.08. The van der Waals surface area contributed by atoms with E-state index in [-0.39, 0.29) is 5.56 Å². The van der Waals surface area contributed by atoms with Gasteiger partial charge in [0.2, 0.25) is 0 Å². The highest BCUT2D eigenvalue weighted by molar-refractivity contribution is 6.30. The maximum Gasteiger partial charge on any atom is 0.287 e. The molecule has 18 heavy (non-hydrogen) atoms. The van der Waals surface area contributed by atoms with Gasteiger partial charge in [0, 0.05) is 6.07 Å². The fourth-order valence-electron chi connectivity index (χ4n) is 1.41. The minimum absolute atomic E-state index is 0.295. The second-order valence-corrected chi connectivity index (χ2v) is 4.04. The van der Waals surface area contributed by atoms with Crippen molar-refractivity contribution in [3.63, 3.8) is 0 Å². The number of nitrogens with zero attached hydrogens (tertiary/aromatic N) is 2. The molecular formula is C12H12ClN3O2. The first-order valence-electron chi connectivity index (χ1n) is 5.31. The van der Waals surface area contributed by atoms with E-state index in [2.05, 4.69) is 10.5 Å². The fourth-order valence-corrected chi connectivity index (χ4v) is 1.55. The first-order chi connectivity index (χ1) is 8.69. The minimum atomic E-state index is -0.295. The quantitative estimate of drug-likeness (QED) is 0.913. The molecule has 0 fully saturated rings. The number of halogens is 1. The van der Waals surface area contributed by atoms with Crippen molar-refractivity contribution >= 4 is 11.6 Å². The van der Waals surface area contributed by atoms with Gasteiger partial charge in [-0.25, -0.2) is 0 Å². The van der Waals surface area contributed by atoms with E-state index in [1.807, 2.05) is 24.3 Å². The number of rotatable bonds is 4. The highest BCUT2D eigenvalue weighted by atomic mass is 35.5. The number of benzene rings is 1. The summed E-state index contributed by atoms with van der Waals surface area (Å²) in [7, 11) is 1.62. The Kier molecular flexibility index (Phi) is 3.84. The van der Waals surface area contributed by atoms with Crippen molar-refractivity contribution in [3.8, 4) is 5.75 Å². The molecule has 0 saturated carbocycles. The summed E-state index contributed by atoms with van der Waals surface area (Å²) >= 11 is 5.65. The van der Waals surface area contributed by atoms with E-state index in [1.54, 1.807) is 7.11 Å². The van der Waals surface area contributed by atoms with Crippen LogP contribution in [-0.2, 0) is 6.54 Å². The molecule has 0 aliphatic heterocycles.